The number of hydrogen-bond donors (Lipinski definition) is 0. The van der Waals surface area contributed by atoms with Crippen LogP contribution in [0.4, 0.5) is 0 Å². The Morgan fingerprint density at radius 1 is 1.20 bits per heavy atom. The molecule has 4 heteroatoms. The molecule has 1 aromatic heterocycles. The van der Waals surface area contributed by atoms with Crippen molar-refractivity contribution in [2.24, 2.45) is 0 Å². The van der Waals surface area contributed by atoms with Gasteiger partial charge < -0.3 is 0 Å². The molecule has 0 fully saturated rings. The van der Waals surface area contributed by atoms with Gasteiger partial charge in [-0.05, 0) is 18.4 Å². The van der Waals surface area contributed by atoms with E-state index in [0.29, 0.717) is 11.4 Å². The van der Waals surface area contributed by atoms with Gasteiger partial charge in [0.05, 0.1) is 6.20 Å². The van der Waals surface area contributed by atoms with Gasteiger partial charge in [-0.2, -0.15) is 5.26 Å². The highest BCUT2D eigenvalue weighted by atomic mass is 35.5. The molecule has 0 atom stereocenters. The zero-order chi connectivity index (χ0) is 14.4. The third kappa shape index (κ3) is 3.55. The summed E-state index contributed by atoms with van der Waals surface area (Å²) in [6.07, 6.45) is 6.27. The summed E-state index contributed by atoms with van der Waals surface area (Å²) in [6.45, 7) is 2.20. The molecule has 2 aromatic rings. The predicted octanol–water partition coefficient (Wildman–Crippen LogP) is 4.40. The number of unbranched alkanes of at least 4 members (excludes halogenated alkanes) is 2. The first-order valence-electron chi connectivity index (χ1n) is 6.76. The minimum atomic E-state index is 0.199. The van der Waals surface area contributed by atoms with E-state index < -0.39 is 0 Å². The van der Waals surface area contributed by atoms with Crippen molar-refractivity contribution in [2.45, 2.75) is 32.6 Å². The largest absolute Gasteiger partial charge is 0.235 e. The fraction of sp³-hybridized carbons (Fsp3) is 0.312. The van der Waals surface area contributed by atoms with Crippen LogP contribution in [0.5, 0.6) is 0 Å². The molecule has 0 amide bonds. The zero-order valence-corrected chi connectivity index (χ0v) is 12.2. The quantitative estimate of drug-likeness (QED) is 0.604. The highest BCUT2D eigenvalue weighted by molar-refractivity contribution is 6.30. The molecule has 1 heterocycles. The Labute approximate surface area is 124 Å². The Balaban J connectivity index is 2.14. The van der Waals surface area contributed by atoms with Crippen LogP contribution in [0.15, 0.2) is 30.5 Å². The maximum Gasteiger partial charge on any atom is 0.160 e. The molecule has 0 spiro atoms. The van der Waals surface area contributed by atoms with E-state index in [-0.39, 0.29) is 5.15 Å². The third-order valence-electron chi connectivity index (χ3n) is 3.14. The molecule has 3 nitrogen and oxygen atoms in total. The number of aryl methyl sites for hydroxylation is 1. The van der Waals surface area contributed by atoms with Gasteiger partial charge in [-0.1, -0.05) is 55.6 Å². The van der Waals surface area contributed by atoms with Gasteiger partial charge in [-0.15, -0.1) is 0 Å². The minimum absolute atomic E-state index is 0.199. The Morgan fingerprint density at radius 3 is 2.55 bits per heavy atom. The Kier molecular flexibility index (Phi) is 5.09. The highest BCUT2D eigenvalue weighted by Gasteiger charge is 2.06. The summed E-state index contributed by atoms with van der Waals surface area (Å²) in [7, 11) is 0. The Hall–Kier alpha value is -1.92. The van der Waals surface area contributed by atoms with E-state index in [1.54, 1.807) is 0 Å². The molecule has 0 N–H and O–H groups in total. The van der Waals surface area contributed by atoms with Gasteiger partial charge in [0.2, 0.25) is 0 Å². The minimum Gasteiger partial charge on any atom is -0.235 e. The number of hydrogen-bond acceptors (Lipinski definition) is 3. The van der Waals surface area contributed by atoms with Crippen LogP contribution in [0, 0.1) is 11.3 Å². The summed E-state index contributed by atoms with van der Waals surface area (Å²) >= 11 is 5.92. The number of halogens is 1. The van der Waals surface area contributed by atoms with Crippen LogP contribution in [0.25, 0.3) is 11.4 Å². The van der Waals surface area contributed by atoms with Crippen LogP contribution < -0.4 is 0 Å². The molecule has 1 aromatic carbocycles. The van der Waals surface area contributed by atoms with Crippen molar-refractivity contribution in [1.82, 2.24) is 9.97 Å². The summed E-state index contributed by atoms with van der Waals surface area (Å²) in [5, 5.41) is 9.00. The number of rotatable bonds is 5. The van der Waals surface area contributed by atoms with E-state index in [1.165, 1.54) is 31.0 Å². The van der Waals surface area contributed by atoms with Crippen molar-refractivity contribution in [3.63, 3.8) is 0 Å². The van der Waals surface area contributed by atoms with Gasteiger partial charge in [0.1, 0.15) is 11.6 Å². The molecular weight excluding hydrogens is 270 g/mol. The first kappa shape index (κ1) is 14.5. The number of nitriles is 1. The molecule has 0 saturated heterocycles. The van der Waals surface area contributed by atoms with Crippen LogP contribution in [0.2, 0.25) is 5.15 Å². The lowest BCUT2D eigenvalue weighted by atomic mass is 10.1. The van der Waals surface area contributed by atoms with Gasteiger partial charge in [0.25, 0.3) is 0 Å². The first-order valence-corrected chi connectivity index (χ1v) is 7.14. The van der Waals surface area contributed by atoms with Crippen molar-refractivity contribution < 1.29 is 0 Å². The van der Waals surface area contributed by atoms with E-state index in [9.17, 15) is 0 Å². The van der Waals surface area contributed by atoms with Gasteiger partial charge in [0.15, 0.2) is 11.0 Å². The van der Waals surface area contributed by atoms with E-state index in [0.717, 1.165) is 12.0 Å². The third-order valence-corrected chi connectivity index (χ3v) is 3.43. The van der Waals surface area contributed by atoms with Crippen LogP contribution in [-0.4, -0.2) is 9.97 Å². The molecule has 102 valence electrons. The fourth-order valence-corrected chi connectivity index (χ4v) is 2.15. The van der Waals surface area contributed by atoms with E-state index >= 15 is 0 Å². The average molecular weight is 286 g/mol. The van der Waals surface area contributed by atoms with Crippen LogP contribution in [-0.2, 0) is 6.42 Å². The SMILES string of the molecule is CCCCCc1ccc(-c2ncc(C#N)c(Cl)n2)cc1. The molecule has 0 saturated carbocycles. The monoisotopic (exact) mass is 285 g/mol. The maximum atomic E-state index is 8.80. The summed E-state index contributed by atoms with van der Waals surface area (Å²) in [5.74, 6) is 0.550. The molecule has 0 aliphatic carbocycles. The highest BCUT2D eigenvalue weighted by Crippen LogP contribution is 2.20. The lowest BCUT2D eigenvalue weighted by Crippen LogP contribution is -1.93. The summed E-state index contributed by atoms with van der Waals surface area (Å²) < 4.78 is 0. The smallest absolute Gasteiger partial charge is 0.160 e. The lowest BCUT2D eigenvalue weighted by Gasteiger charge is -2.04. The van der Waals surface area contributed by atoms with Crippen molar-refractivity contribution in [3.05, 3.63) is 46.7 Å². The predicted molar refractivity (Wildman–Crippen MR) is 80.4 cm³/mol. The number of nitrogens with zero attached hydrogens (tertiary/aromatic N) is 3. The molecule has 20 heavy (non-hydrogen) atoms. The summed E-state index contributed by atoms with van der Waals surface area (Å²) in [5.41, 5.74) is 2.53. The van der Waals surface area contributed by atoms with E-state index in [4.69, 9.17) is 16.9 Å². The molecule has 0 unspecified atom stereocenters. The van der Waals surface area contributed by atoms with Gasteiger partial charge in [-0.3, -0.25) is 0 Å². The number of aromatic nitrogens is 2. The fourth-order valence-electron chi connectivity index (χ4n) is 1.97. The maximum absolute atomic E-state index is 8.80. The Morgan fingerprint density at radius 2 is 1.95 bits per heavy atom. The summed E-state index contributed by atoms with van der Waals surface area (Å²) in [4.78, 5) is 8.32. The van der Waals surface area contributed by atoms with Gasteiger partial charge in [-0.25, -0.2) is 9.97 Å². The van der Waals surface area contributed by atoms with Crippen molar-refractivity contribution in [2.75, 3.05) is 0 Å². The normalized spacial score (nSPS) is 10.2. The van der Waals surface area contributed by atoms with Gasteiger partial charge in [0, 0.05) is 5.56 Å². The van der Waals surface area contributed by atoms with Crippen molar-refractivity contribution in [1.29, 1.82) is 5.26 Å². The first-order chi connectivity index (χ1) is 9.74. The van der Waals surface area contributed by atoms with Gasteiger partial charge >= 0.3 is 0 Å². The Bertz CT molecular complexity index is 615. The van der Waals surface area contributed by atoms with Crippen LogP contribution in [0.1, 0.15) is 37.3 Å². The van der Waals surface area contributed by atoms with Crippen LogP contribution in [0.3, 0.4) is 0 Å². The van der Waals surface area contributed by atoms with Crippen molar-refractivity contribution >= 4 is 11.6 Å². The molecule has 2 rings (SSSR count). The standard InChI is InChI=1S/C16H16ClN3/c1-2-3-4-5-12-6-8-13(9-7-12)16-19-11-14(10-18)15(17)20-16/h6-9,11H,2-5H2,1H3. The molecule has 0 aliphatic rings. The molecule has 0 radical (unpaired) electrons. The topological polar surface area (TPSA) is 49.6 Å². The second-order valence-corrected chi connectivity index (χ2v) is 5.02. The molecule has 0 aliphatic heterocycles. The van der Waals surface area contributed by atoms with Crippen LogP contribution >= 0.6 is 11.6 Å². The lowest BCUT2D eigenvalue weighted by molar-refractivity contribution is 0.717. The average Bonchev–Trinajstić information content (AvgIpc) is 2.48. The second-order valence-electron chi connectivity index (χ2n) is 4.66. The van der Waals surface area contributed by atoms with E-state index in [2.05, 4.69) is 29.0 Å². The van der Waals surface area contributed by atoms with Crippen molar-refractivity contribution in [3.8, 4) is 17.5 Å². The molecular formula is C16H16ClN3. The van der Waals surface area contributed by atoms with E-state index in [1.807, 2.05) is 18.2 Å². The number of benzene rings is 1. The molecule has 0 bridgehead atoms. The zero-order valence-electron chi connectivity index (χ0n) is 11.4. The second kappa shape index (κ2) is 7.02. The summed E-state index contributed by atoms with van der Waals surface area (Å²) in [6, 6.07) is 10.1.